The first-order chi connectivity index (χ1) is 15.3. The zero-order valence-electron chi connectivity index (χ0n) is 17.0. The summed E-state index contributed by atoms with van der Waals surface area (Å²) in [6, 6.07) is 19.5. The van der Waals surface area contributed by atoms with Crippen molar-refractivity contribution >= 4 is 17.8 Å². The number of carbonyl (C=O) groups is 1. The number of rotatable bonds is 4. The Morgan fingerprint density at radius 2 is 1.68 bits per heavy atom. The lowest BCUT2D eigenvalue weighted by atomic mass is 10.1. The second-order valence-corrected chi connectivity index (χ2v) is 7.40. The summed E-state index contributed by atoms with van der Waals surface area (Å²) >= 11 is 0. The van der Waals surface area contributed by atoms with Gasteiger partial charge in [-0.25, -0.2) is 0 Å². The highest BCUT2D eigenvalue weighted by atomic mass is 16.7. The summed E-state index contributed by atoms with van der Waals surface area (Å²) < 4.78 is 10.8. The molecule has 2 aromatic carbocycles. The highest BCUT2D eigenvalue weighted by Crippen LogP contribution is 2.35. The van der Waals surface area contributed by atoms with Crippen molar-refractivity contribution in [1.29, 1.82) is 0 Å². The molecule has 1 saturated heterocycles. The van der Waals surface area contributed by atoms with Crippen molar-refractivity contribution in [3.05, 3.63) is 72.3 Å². The Hall–Kier alpha value is -3.87. The van der Waals surface area contributed by atoms with Crippen LogP contribution in [0.3, 0.4) is 0 Å². The molecule has 0 radical (unpaired) electrons. The molecule has 0 atom stereocenters. The van der Waals surface area contributed by atoms with Crippen molar-refractivity contribution in [2.75, 3.05) is 37.9 Å². The number of hydrogen-bond donors (Lipinski definition) is 0. The van der Waals surface area contributed by atoms with E-state index < -0.39 is 0 Å². The molecule has 0 spiro atoms. The van der Waals surface area contributed by atoms with Crippen molar-refractivity contribution in [3.8, 4) is 22.8 Å². The number of nitrogens with zero attached hydrogens (tertiary/aromatic N) is 4. The number of anilines is 1. The Kier molecular flexibility index (Phi) is 5.22. The van der Waals surface area contributed by atoms with E-state index in [2.05, 4.69) is 15.1 Å². The average Bonchev–Trinajstić information content (AvgIpc) is 3.31. The van der Waals surface area contributed by atoms with Gasteiger partial charge >= 0.3 is 0 Å². The summed E-state index contributed by atoms with van der Waals surface area (Å²) in [5.41, 5.74) is 2.73. The van der Waals surface area contributed by atoms with Gasteiger partial charge in [-0.2, -0.15) is 0 Å². The van der Waals surface area contributed by atoms with E-state index in [1.165, 1.54) is 0 Å². The third-order valence-corrected chi connectivity index (χ3v) is 5.45. The van der Waals surface area contributed by atoms with Crippen LogP contribution in [-0.2, 0) is 4.79 Å². The van der Waals surface area contributed by atoms with Crippen LogP contribution in [-0.4, -0.2) is 54.0 Å². The molecular formula is C24H22N4O3. The Labute approximate surface area is 180 Å². The van der Waals surface area contributed by atoms with Crippen molar-refractivity contribution in [2.24, 2.45) is 0 Å². The molecule has 3 aromatic rings. The molecule has 31 heavy (non-hydrogen) atoms. The van der Waals surface area contributed by atoms with Crippen LogP contribution >= 0.6 is 0 Å². The topological polar surface area (TPSA) is 67.8 Å². The van der Waals surface area contributed by atoms with Crippen molar-refractivity contribution in [1.82, 2.24) is 15.1 Å². The highest BCUT2D eigenvalue weighted by Gasteiger charge is 2.21. The fourth-order valence-corrected chi connectivity index (χ4v) is 3.70. The van der Waals surface area contributed by atoms with Crippen LogP contribution in [0.25, 0.3) is 17.3 Å². The molecule has 7 heteroatoms. The Bertz CT molecular complexity index is 1090. The van der Waals surface area contributed by atoms with Crippen LogP contribution in [0.2, 0.25) is 0 Å². The Morgan fingerprint density at radius 3 is 2.45 bits per heavy atom. The van der Waals surface area contributed by atoms with Gasteiger partial charge in [-0.15, -0.1) is 10.2 Å². The molecule has 0 unspecified atom stereocenters. The third kappa shape index (κ3) is 4.21. The first-order valence-electron chi connectivity index (χ1n) is 10.3. The Balaban J connectivity index is 1.19. The summed E-state index contributed by atoms with van der Waals surface area (Å²) in [6.45, 7) is 3.01. The minimum atomic E-state index is 0.0349. The molecule has 7 nitrogen and oxygen atoms in total. The lowest BCUT2D eigenvalue weighted by molar-refractivity contribution is -0.126. The minimum Gasteiger partial charge on any atom is -0.454 e. The normalized spacial score (nSPS) is 15.5. The van der Waals surface area contributed by atoms with E-state index in [4.69, 9.17) is 9.47 Å². The second kappa shape index (κ2) is 8.47. The van der Waals surface area contributed by atoms with Crippen LogP contribution in [0.1, 0.15) is 5.56 Å². The first-order valence-corrected chi connectivity index (χ1v) is 10.3. The van der Waals surface area contributed by atoms with E-state index in [1.807, 2.05) is 71.6 Å². The average molecular weight is 414 g/mol. The molecule has 0 aliphatic carbocycles. The van der Waals surface area contributed by atoms with Gasteiger partial charge in [0.15, 0.2) is 17.3 Å². The Morgan fingerprint density at radius 1 is 0.871 bits per heavy atom. The lowest BCUT2D eigenvalue weighted by Crippen LogP contribution is -2.48. The van der Waals surface area contributed by atoms with Gasteiger partial charge in [0.1, 0.15) is 0 Å². The molecule has 5 rings (SSSR count). The maximum absolute atomic E-state index is 12.5. The van der Waals surface area contributed by atoms with E-state index in [9.17, 15) is 4.79 Å². The van der Waals surface area contributed by atoms with Crippen LogP contribution in [0, 0.1) is 0 Å². The number of piperazine rings is 1. The molecule has 0 saturated carbocycles. The molecule has 0 bridgehead atoms. The molecule has 3 heterocycles. The predicted octanol–water partition coefficient (Wildman–Crippen LogP) is 3.23. The molecule has 1 fully saturated rings. The standard InChI is InChI=1S/C24H22N4O3/c29-24(11-6-18-4-2-1-3-5-18)28-14-12-27(13-15-28)23-10-8-20(25-26-23)19-7-9-21-22(16-19)31-17-30-21/h1-11,16H,12-15,17H2/b11-6+. The number of benzene rings is 2. The number of amides is 1. The van der Waals surface area contributed by atoms with Gasteiger partial charge in [-0.3, -0.25) is 4.79 Å². The van der Waals surface area contributed by atoms with Crippen molar-refractivity contribution < 1.29 is 14.3 Å². The summed E-state index contributed by atoms with van der Waals surface area (Å²) in [5.74, 6) is 2.33. The maximum Gasteiger partial charge on any atom is 0.246 e. The van der Waals surface area contributed by atoms with Gasteiger partial charge in [0.25, 0.3) is 0 Å². The fraction of sp³-hybridized carbons (Fsp3) is 0.208. The van der Waals surface area contributed by atoms with E-state index in [-0.39, 0.29) is 12.7 Å². The number of hydrogen-bond acceptors (Lipinski definition) is 6. The SMILES string of the molecule is O=C(/C=C/c1ccccc1)N1CCN(c2ccc(-c3ccc4c(c3)OCO4)nn2)CC1. The zero-order chi connectivity index (χ0) is 21.0. The number of carbonyl (C=O) groups excluding carboxylic acids is 1. The van der Waals surface area contributed by atoms with E-state index >= 15 is 0 Å². The van der Waals surface area contributed by atoms with Crippen molar-refractivity contribution in [3.63, 3.8) is 0 Å². The molecule has 1 aromatic heterocycles. The van der Waals surface area contributed by atoms with Crippen LogP contribution in [0.15, 0.2) is 66.7 Å². The lowest BCUT2D eigenvalue weighted by Gasteiger charge is -2.34. The molecule has 0 N–H and O–H groups in total. The van der Waals surface area contributed by atoms with E-state index in [0.29, 0.717) is 13.1 Å². The largest absolute Gasteiger partial charge is 0.454 e. The van der Waals surface area contributed by atoms with Crippen molar-refractivity contribution in [2.45, 2.75) is 0 Å². The molecule has 156 valence electrons. The summed E-state index contributed by atoms with van der Waals surface area (Å²) in [6.07, 6.45) is 3.50. The molecule has 2 aliphatic heterocycles. The van der Waals surface area contributed by atoms with Gasteiger partial charge in [0.2, 0.25) is 12.7 Å². The number of aromatic nitrogens is 2. The van der Waals surface area contributed by atoms with Crippen LogP contribution in [0.4, 0.5) is 5.82 Å². The fourth-order valence-electron chi connectivity index (χ4n) is 3.70. The third-order valence-electron chi connectivity index (χ3n) is 5.45. The van der Waals surface area contributed by atoms with Gasteiger partial charge in [-0.1, -0.05) is 30.3 Å². The van der Waals surface area contributed by atoms with Gasteiger partial charge in [-0.05, 0) is 42.0 Å². The van der Waals surface area contributed by atoms with Crippen LogP contribution in [0.5, 0.6) is 11.5 Å². The minimum absolute atomic E-state index is 0.0349. The second-order valence-electron chi connectivity index (χ2n) is 7.40. The molecule has 1 amide bonds. The first kappa shape index (κ1) is 19.1. The monoisotopic (exact) mass is 414 g/mol. The summed E-state index contributed by atoms with van der Waals surface area (Å²) in [5, 5.41) is 8.79. The number of ether oxygens (including phenoxy) is 2. The quantitative estimate of drug-likeness (QED) is 0.611. The molecule has 2 aliphatic rings. The van der Waals surface area contributed by atoms with Crippen LogP contribution < -0.4 is 14.4 Å². The van der Waals surface area contributed by atoms with E-state index in [0.717, 1.165) is 47.2 Å². The smallest absolute Gasteiger partial charge is 0.246 e. The summed E-state index contributed by atoms with van der Waals surface area (Å²) in [7, 11) is 0. The summed E-state index contributed by atoms with van der Waals surface area (Å²) in [4.78, 5) is 16.5. The van der Waals surface area contributed by atoms with Gasteiger partial charge < -0.3 is 19.3 Å². The number of fused-ring (bicyclic) bond motifs is 1. The van der Waals surface area contributed by atoms with Gasteiger partial charge in [0, 0.05) is 37.8 Å². The van der Waals surface area contributed by atoms with E-state index in [1.54, 1.807) is 6.08 Å². The predicted molar refractivity (Wildman–Crippen MR) is 118 cm³/mol. The maximum atomic E-state index is 12.5. The highest BCUT2D eigenvalue weighted by molar-refractivity contribution is 5.92. The molecular weight excluding hydrogens is 392 g/mol. The zero-order valence-corrected chi connectivity index (χ0v) is 17.0. The van der Waals surface area contributed by atoms with Gasteiger partial charge in [0.05, 0.1) is 5.69 Å².